The van der Waals surface area contributed by atoms with Crippen molar-refractivity contribution in [1.29, 1.82) is 0 Å². The monoisotopic (exact) mass is 555 g/mol. The number of hydrogen-bond acceptors (Lipinski definition) is 6. The van der Waals surface area contributed by atoms with Gasteiger partial charge in [0.2, 0.25) is 0 Å². The summed E-state index contributed by atoms with van der Waals surface area (Å²) in [7, 11) is 0. The Hall–Kier alpha value is -3.92. The molecule has 0 amide bonds. The van der Waals surface area contributed by atoms with E-state index in [4.69, 9.17) is 4.74 Å². The molecule has 2 atom stereocenters. The minimum Gasteiger partial charge on any atom is -0.481 e. The first-order chi connectivity index (χ1) is 18.9. The highest BCUT2D eigenvalue weighted by Gasteiger charge is 2.25. The molecule has 0 fully saturated rings. The van der Waals surface area contributed by atoms with Crippen LogP contribution in [0.4, 0.5) is 8.78 Å². The van der Waals surface area contributed by atoms with Gasteiger partial charge in [-0.2, -0.15) is 5.10 Å². The molecule has 0 saturated carbocycles. The lowest BCUT2D eigenvalue weighted by molar-refractivity contribution is -0.139. The van der Waals surface area contributed by atoms with Gasteiger partial charge in [0.15, 0.2) is 23.2 Å². The van der Waals surface area contributed by atoms with Crippen molar-refractivity contribution in [2.24, 2.45) is 0 Å². The van der Waals surface area contributed by atoms with E-state index >= 15 is 0 Å². The predicted octanol–water partition coefficient (Wildman–Crippen LogP) is 4.44. The van der Waals surface area contributed by atoms with Crippen molar-refractivity contribution in [3.8, 4) is 5.75 Å². The number of ether oxygens (including phenoxy) is 1. The maximum Gasteiger partial charge on any atom is 0.305 e. The minimum atomic E-state index is -1.24. The summed E-state index contributed by atoms with van der Waals surface area (Å²) in [5.74, 6) is -4.93. The molecule has 0 spiro atoms. The first-order valence-corrected chi connectivity index (χ1v) is 13.1. The minimum absolute atomic E-state index is 0.117. The molecule has 2 N–H and O–H groups in total. The second-order valence-corrected chi connectivity index (χ2v) is 10.6. The molecule has 0 unspecified atom stereocenters. The van der Waals surface area contributed by atoms with Crippen LogP contribution in [0, 0.1) is 11.6 Å². The molecule has 40 heavy (non-hydrogen) atoms. The summed E-state index contributed by atoms with van der Waals surface area (Å²) in [6.45, 7) is 7.86. The zero-order chi connectivity index (χ0) is 29.4. The van der Waals surface area contributed by atoms with Crippen molar-refractivity contribution in [2.45, 2.75) is 64.5 Å². The third-order valence-corrected chi connectivity index (χ3v) is 6.68. The van der Waals surface area contributed by atoms with Gasteiger partial charge in [-0.15, -0.1) is 0 Å². The molecule has 0 radical (unpaired) electrons. The standard InChI is InChI=1S/C30H35F2N3O5/c1-5-19(16-33-25(15-27(37)38)26(36)18-40-28-23(31)11-8-12-24(28)32)21-13-14-34-35(29(21)39)17-20-9-6-7-10-22(20)30(2,3)4/h6-14,19,25,33H,5,15-18H2,1-4H3,(H,37,38)/t19-,25+/m1/s1. The van der Waals surface area contributed by atoms with Crippen LogP contribution in [-0.4, -0.2) is 45.8 Å². The van der Waals surface area contributed by atoms with Crippen LogP contribution in [0.3, 0.4) is 0 Å². The Kier molecular flexibility index (Phi) is 10.3. The quantitative estimate of drug-likeness (QED) is 0.321. The maximum atomic E-state index is 13.9. The molecule has 1 heterocycles. The zero-order valence-corrected chi connectivity index (χ0v) is 23.1. The number of aliphatic carboxylic acids is 1. The number of hydrogen-bond donors (Lipinski definition) is 2. The molecule has 0 aliphatic carbocycles. The van der Waals surface area contributed by atoms with Gasteiger partial charge < -0.3 is 15.2 Å². The Bertz CT molecular complexity index is 1380. The molecule has 1 aromatic heterocycles. The average molecular weight is 556 g/mol. The smallest absolute Gasteiger partial charge is 0.305 e. The van der Waals surface area contributed by atoms with E-state index in [1.165, 1.54) is 4.68 Å². The van der Waals surface area contributed by atoms with E-state index in [1.54, 1.807) is 12.3 Å². The topological polar surface area (TPSA) is 111 Å². The maximum absolute atomic E-state index is 13.9. The second-order valence-electron chi connectivity index (χ2n) is 10.6. The van der Waals surface area contributed by atoms with E-state index in [2.05, 4.69) is 31.2 Å². The number of benzene rings is 2. The summed E-state index contributed by atoms with van der Waals surface area (Å²) in [4.78, 5) is 37.6. The molecule has 10 heteroatoms. The lowest BCUT2D eigenvalue weighted by Gasteiger charge is -2.23. The molecule has 0 saturated heterocycles. The fourth-order valence-electron chi connectivity index (χ4n) is 4.54. The van der Waals surface area contributed by atoms with Crippen LogP contribution in [0.2, 0.25) is 0 Å². The molecule has 3 rings (SSSR count). The fraction of sp³-hybridized carbons (Fsp3) is 0.400. The summed E-state index contributed by atoms with van der Waals surface area (Å²) < 4.78 is 34.2. The van der Waals surface area contributed by atoms with Gasteiger partial charge in [0.05, 0.1) is 19.0 Å². The van der Waals surface area contributed by atoms with E-state index in [0.29, 0.717) is 12.0 Å². The fourth-order valence-corrected chi connectivity index (χ4v) is 4.54. The van der Waals surface area contributed by atoms with E-state index in [-0.39, 0.29) is 30.0 Å². The van der Waals surface area contributed by atoms with Crippen LogP contribution in [-0.2, 0) is 21.5 Å². The number of carboxylic acids is 1. The van der Waals surface area contributed by atoms with Gasteiger partial charge in [0.1, 0.15) is 6.61 Å². The summed E-state index contributed by atoms with van der Waals surface area (Å²) in [5.41, 5.74) is 2.16. The van der Waals surface area contributed by atoms with Crippen molar-refractivity contribution in [1.82, 2.24) is 15.1 Å². The van der Waals surface area contributed by atoms with E-state index in [9.17, 15) is 28.3 Å². The molecule has 3 aromatic rings. The van der Waals surface area contributed by atoms with Gasteiger partial charge in [-0.3, -0.25) is 14.4 Å². The Labute approximate surface area is 232 Å². The van der Waals surface area contributed by atoms with E-state index in [1.807, 2.05) is 31.2 Å². The lowest BCUT2D eigenvalue weighted by Crippen LogP contribution is -2.43. The number of carboxylic acid groups (broad SMARTS) is 1. The van der Waals surface area contributed by atoms with Crippen molar-refractivity contribution in [2.75, 3.05) is 13.2 Å². The predicted molar refractivity (Wildman–Crippen MR) is 147 cm³/mol. The number of carbonyl (C=O) groups excluding carboxylic acids is 1. The largest absolute Gasteiger partial charge is 0.481 e. The van der Waals surface area contributed by atoms with E-state index < -0.39 is 48.2 Å². The molecular weight excluding hydrogens is 520 g/mol. The number of para-hydroxylation sites is 1. The number of carbonyl (C=O) groups is 2. The van der Waals surface area contributed by atoms with Crippen LogP contribution in [0.5, 0.6) is 5.75 Å². The zero-order valence-electron chi connectivity index (χ0n) is 23.1. The van der Waals surface area contributed by atoms with Gasteiger partial charge >= 0.3 is 5.97 Å². The van der Waals surface area contributed by atoms with Crippen molar-refractivity contribution < 1.29 is 28.2 Å². The average Bonchev–Trinajstić information content (AvgIpc) is 2.89. The van der Waals surface area contributed by atoms with Gasteiger partial charge in [0, 0.05) is 24.2 Å². The molecule has 214 valence electrons. The van der Waals surface area contributed by atoms with Crippen molar-refractivity contribution in [3.63, 3.8) is 0 Å². The van der Waals surface area contributed by atoms with E-state index in [0.717, 1.165) is 29.3 Å². The number of Topliss-reactive ketones (excluding diaryl/α,β-unsaturated/α-hetero) is 1. The molecule has 0 aliphatic rings. The normalized spacial score (nSPS) is 13.1. The Morgan fingerprint density at radius 2 is 1.75 bits per heavy atom. The Morgan fingerprint density at radius 3 is 2.38 bits per heavy atom. The number of halogens is 2. The van der Waals surface area contributed by atoms with Gasteiger partial charge in [-0.05, 0) is 41.2 Å². The van der Waals surface area contributed by atoms with Crippen LogP contribution in [0.25, 0.3) is 0 Å². The Balaban J connectivity index is 1.76. The summed E-state index contributed by atoms with van der Waals surface area (Å²) in [5, 5.41) is 16.5. The number of ketones is 1. The van der Waals surface area contributed by atoms with Crippen LogP contribution < -0.4 is 15.6 Å². The highest BCUT2D eigenvalue weighted by Crippen LogP contribution is 2.26. The molecule has 8 nitrogen and oxygen atoms in total. The van der Waals surface area contributed by atoms with Crippen LogP contribution >= 0.6 is 0 Å². The highest BCUT2D eigenvalue weighted by molar-refractivity contribution is 5.89. The van der Waals surface area contributed by atoms with Gasteiger partial charge in [-0.1, -0.05) is 58.0 Å². The number of aromatic nitrogens is 2. The third-order valence-electron chi connectivity index (χ3n) is 6.68. The summed E-state index contributed by atoms with van der Waals surface area (Å²) in [6.07, 6.45) is 1.51. The lowest BCUT2D eigenvalue weighted by atomic mass is 9.84. The summed E-state index contributed by atoms with van der Waals surface area (Å²) in [6, 6.07) is 11.5. The van der Waals surface area contributed by atoms with Gasteiger partial charge in [0.25, 0.3) is 5.56 Å². The number of nitrogens with zero attached hydrogens (tertiary/aromatic N) is 2. The second kappa shape index (κ2) is 13.4. The first kappa shape index (κ1) is 30.6. The molecular formula is C30H35F2N3O5. The molecule has 0 aliphatic heterocycles. The van der Waals surface area contributed by atoms with Crippen molar-refractivity contribution >= 4 is 11.8 Å². The first-order valence-electron chi connectivity index (χ1n) is 13.1. The number of rotatable bonds is 13. The van der Waals surface area contributed by atoms with Crippen molar-refractivity contribution in [3.05, 3.63) is 93.4 Å². The SMILES string of the molecule is CC[C@H](CN[C@@H](CC(=O)O)C(=O)COc1c(F)cccc1F)c1ccnn(Cc2ccccc2C(C)(C)C)c1=O. The molecule has 0 bridgehead atoms. The number of nitrogens with one attached hydrogen (secondary N) is 1. The van der Waals surface area contributed by atoms with Gasteiger partial charge in [-0.25, -0.2) is 13.5 Å². The third kappa shape index (κ3) is 7.81. The summed E-state index contributed by atoms with van der Waals surface area (Å²) >= 11 is 0. The van der Waals surface area contributed by atoms with Crippen LogP contribution in [0.1, 0.15) is 63.1 Å². The molecule has 2 aromatic carbocycles. The Morgan fingerprint density at radius 1 is 1.07 bits per heavy atom. The van der Waals surface area contributed by atoms with Crippen LogP contribution in [0.15, 0.2) is 59.5 Å². The highest BCUT2D eigenvalue weighted by atomic mass is 19.1.